The van der Waals surface area contributed by atoms with Crippen molar-refractivity contribution in [3.8, 4) is 11.1 Å². The van der Waals surface area contributed by atoms with Crippen LogP contribution in [-0.4, -0.2) is 17.1 Å². The molecule has 0 unspecified atom stereocenters. The highest BCUT2D eigenvalue weighted by Crippen LogP contribution is 2.38. The molecule has 0 saturated carbocycles. The van der Waals surface area contributed by atoms with Crippen molar-refractivity contribution in [1.29, 1.82) is 0 Å². The number of hydrogen-bond donors (Lipinski definition) is 0. The van der Waals surface area contributed by atoms with Crippen molar-refractivity contribution in [3.05, 3.63) is 84.2 Å². The van der Waals surface area contributed by atoms with E-state index >= 15 is 0 Å². The molecule has 0 spiro atoms. The van der Waals surface area contributed by atoms with E-state index in [9.17, 15) is 9.18 Å². The van der Waals surface area contributed by atoms with Crippen LogP contribution in [0.15, 0.2) is 72.8 Å². The summed E-state index contributed by atoms with van der Waals surface area (Å²) in [6.07, 6.45) is 1.77. The molecular formula is C28H24FNO2. The molecule has 0 bridgehead atoms. The summed E-state index contributed by atoms with van der Waals surface area (Å²) in [5.41, 5.74) is 4.22. The number of rotatable bonds is 5. The highest BCUT2D eigenvalue weighted by molar-refractivity contribution is 6.25. The Morgan fingerprint density at radius 2 is 1.72 bits per heavy atom. The van der Waals surface area contributed by atoms with Gasteiger partial charge in [0.05, 0.1) is 23.2 Å². The molecule has 0 aliphatic rings. The maximum absolute atomic E-state index is 14.1. The molecule has 0 atom stereocenters. The molecule has 4 heteroatoms. The number of ether oxygens (including phenoxy) is 1. The van der Waals surface area contributed by atoms with Crippen molar-refractivity contribution in [3.63, 3.8) is 0 Å². The van der Waals surface area contributed by atoms with Crippen molar-refractivity contribution in [2.75, 3.05) is 6.61 Å². The Morgan fingerprint density at radius 3 is 2.50 bits per heavy atom. The molecule has 1 heterocycles. The molecule has 0 N–H and O–H groups in total. The number of aryl methyl sites for hydroxylation is 1. The monoisotopic (exact) mass is 425 g/mol. The van der Waals surface area contributed by atoms with Gasteiger partial charge in [0.15, 0.2) is 0 Å². The number of unbranched alkanes of at least 4 members (excludes halogenated alkanes) is 1. The van der Waals surface area contributed by atoms with Crippen LogP contribution in [-0.2, 0) is 11.8 Å². The minimum Gasteiger partial charge on any atom is -0.462 e. The van der Waals surface area contributed by atoms with E-state index < -0.39 is 0 Å². The Kier molecular flexibility index (Phi) is 5.14. The van der Waals surface area contributed by atoms with E-state index in [2.05, 4.69) is 37.3 Å². The van der Waals surface area contributed by atoms with E-state index in [1.54, 1.807) is 6.07 Å². The van der Waals surface area contributed by atoms with E-state index in [0.29, 0.717) is 12.2 Å². The Balaban J connectivity index is 1.82. The van der Waals surface area contributed by atoms with Crippen molar-refractivity contribution in [1.82, 2.24) is 4.57 Å². The van der Waals surface area contributed by atoms with Gasteiger partial charge in [-0.2, -0.15) is 0 Å². The van der Waals surface area contributed by atoms with Gasteiger partial charge in [0, 0.05) is 17.8 Å². The standard InChI is InChI=1S/C28H24FNO2/c1-3-4-14-32-28(31)24-16-20-15-19(18-8-6-5-7-9-18)10-12-22(20)26-23-13-11-21(29)17-25(23)30(2)27(24)26/h5-13,15-17H,3-4,14H2,1-2H3. The fraction of sp³-hybridized carbons (Fsp3) is 0.179. The van der Waals surface area contributed by atoms with Gasteiger partial charge < -0.3 is 9.30 Å². The van der Waals surface area contributed by atoms with Gasteiger partial charge in [-0.1, -0.05) is 55.8 Å². The molecule has 5 aromatic rings. The van der Waals surface area contributed by atoms with E-state index in [4.69, 9.17) is 4.74 Å². The quantitative estimate of drug-likeness (QED) is 0.219. The van der Waals surface area contributed by atoms with Gasteiger partial charge in [-0.3, -0.25) is 0 Å². The lowest BCUT2D eigenvalue weighted by atomic mass is 9.96. The van der Waals surface area contributed by atoms with Gasteiger partial charge in [-0.25, -0.2) is 9.18 Å². The molecule has 4 aromatic carbocycles. The number of hydrogen-bond acceptors (Lipinski definition) is 2. The van der Waals surface area contributed by atoms with E-state index in [-0.39, 0.29) is 11.8 Å². The molecule has 3 nitrogen and oxygen atoms in total. The first-order chi connectivity index (χ1) is 15.6. The van der Waals surface area contributed by atoms with Crippen LogP contribution in [0.25, 0.3) is 43.7 Å². The second kappa shape index (κ2) is 8.12. The number of aromatic nitrogens is 1. The van der Waals surface area contributed by atoms with E-state index in [0.717, 1.165) is 56.5 Å². The molecule has 0 saturated heterocycles. The third-order valence-electron chi connectivity index (χ3n) is 6.10. The number of fused-ring (bicyclic) bond motifs is 5. The Morgan fingerprint density at radius 1 is 0.938 bits per heavy atom. The third-order valence-corrected chi connectivity index (χ3v) is 6.10. The number of carbonyl (C=O) groups excluding carboxylic acids is 1. The summed E-state index contributed by atoms with van der Waals surface area (Å²) in [6.45, 7) is 2.45. The van der Waals surface area contributed by atoms with E-state index in [1.165, 1.54) is 12.1 Å². The fourth-order valence-corrected chi connectivity index (χ4v) is 4.48. The molecule has 5 rings (SSSR count). The average molecular weight is 426 g/mol. The molecular weight excluding hydrogens is 401 g/mol. The highest BCUT2D eigenvalue weighted by Gasteiger charge is 2.21. The van der Waals surface area contributed by atoms with Gasteiger partial charge in [0.2, 0.25) is 0 Å². The number of esters is 1. The SMILES string of the molecule is CCCCOC(=O)c1cc2cc(-c3ccccc3)ccc2c2c3ccc(F)cc3n(C)c12. The molecule has 0 aliphatic heterocycles. The fourth-order valence-electron chi connectivity index (χ4n) is 4.48. The summed E-state index contributed by atoms with van der Waals surface area (Å²) in [5.74, 6) is -0.645. The molecule has 0 amide bonds. The largest absolute Gasteiger partial charge is 0.462 e. The van der Waals surface area contributed by atoms with Crippen LogP contribution in [0.5, 0.6) is 0 Å². The van der Waals surface area contributed by atoms with Crippen molar-refractivity contribution < 1.29 is 13.9 Å². The first-order valence-electron chi connectivity index (χ1n) is 11.0. The normalized spacial score (nSPS) is 11.5. The number of benzene rings is 4. The molecule has 0 fully saturated rings. The predicted octanol–water partition coefficient (Wildman–Crippen LogP) is 7.25. The molecule has 32 heavy (non-hydrogen) atoms. The zero-order chi connectivity index (χ0) is 22.2. The topological polar surface area (TPSA) is 31.2 Å². The summed E-state index contributed by atoms with van der Waals surface area (Å²) in [5, 5.41) is 3.85. The Hall–Kier alpha value is -3.66. The van der Waals surface area contributed by atoms with Crippen LogP contribution in [0, 0.1) is 5.82 Å². The summed E-state index contributed by atoms with van der Waals surface area (Å²) in [7, 11) is 1.87. The van der Waals surface area contributed by atoms with Crippen LogP contribution >= 0.6 is 0 Å². The number of nitrogens with zero attached hydrogens (tertiary/aromatic N) is 1. The second-order valence-electron chi connectivity index (χ2n) is 8.16. The minimum atomic E-state index is -0.346. The minimum absolute atomic E-state index is 0.300. The van der Waals surface area contributed by atoms with Crippen molar-refractivity contribution >= 4 is 38.5 Å². The van der Waals surface area contributed by atoms with Crippen LogP contribution < -0.4 is 0 Å². The smallest absolute Gasteiger partial charge is 0.340 e. The number of halogens is 1. The second-order valence-corrected chi connectivity index (χ2v) is 8.16. The van der Waals surface area contributed by atoms with Crippen LogP contribution in [0.4, 0.5) is 4.39 Å². The number of carbonyl (C=O) groups is 1. The lowest BCUT2D eigenvalue weighted by molar-refractivity contribution is 0.0502. The zero-order valence-electron chi connectivity index (χ0n) is 18.2. The van der Waals surface area contributed by atoms with Gasteiger partial charge in [0.25, 0.3) is 0 Å². The van der Waals surface area contributed by atoms with Crippen LogP contribution in [0.3, 0.4) is 0 Å². The maximum Gasteiger partial charge on any atom is 0.340 e. The van der Waals surface area contributed by atoms with Gasteiger partial charge in [0.1, 0.15) is 5.82 Å². The summed E-state index contributed by atoms with van der Waals surface area (Å²) >= 11 is 0. The zero-order valence-corrected chi connectivity index (χ0v) is 18.2. The van der Waals surface area contributed by atoms with Crippen molar-refractivity contribution in [2.45, 2.75) is 19.8 Å². The summed E-state index contributed by atoms with van der Waals surface area (Å²) in [6, 6.07) is 23.1. The molecule has 0 aliphatic carbocycles. The first kappa shape index (κ1) is 20.3. The summed E-state index contributed by atoms with van der Waals surface area (Å²) in [4.78, 5) is 13.1. The predicted molar refractivity (Wildman–Crippen MR) is 129 cm³/mol. The molecule has 0 radical (unpaired) electrons. The van der Waals surface area contributed by atoms with Crippen molar-refractivity contribution in [2.24, 2.45) is 7.05 Å². The first-order valence-corrected chi connectivity index (χ1v) is 11.0. The van der Waals surface area contributed by atoms with Gasteiger partial charge >= 0.3 is 5.97 Å². The lowest BCUT2D eigenvalue weighted by Gasteiger charge is -2.11. The lowest BCUT2D eigenvalue weighted by Crippen LogP contribution is -2.08. The Labute approximate surface area is 186 Å². The van der Waals surface area contributed by atoms with Gasteiger partial charge in [-0.15, -0.1) is 0 Å². The summed E-state index contributed by atoms with van der Waals surface area (Å²) < 4.78 is 21.5. The van der Waals surface area contributed by atoms with E-state index in [1.807, 2.05) is 35.9 Å². The third kappa shape index (κ3) is 3.32. The van der Waals surface area contributed by atoms with Gasteiger partial charge in [-0.05, 0) is 58.7 Å². The Bertz CT molecular complexity index is 1470. The average Bonchev–Trinajstić information content (AvgIpc) is 3.11. The van der Waals surface area contributed by atoms with Crippen LogP contribution in [0.2, 0.25) is 0 Å². The highest BCUT2D eigenvalue weighted by atomic mass is 19.1. The van der Waals surface area contributed by atoms with Crippen LogP contribution in [0.1, 0.15) is 30.1 Å². The molecule has 160 valence electrons. The maximum atomic E-state index is 14.1. The molecule has 1 aromatic heterocycles.